The van der Waals surface area contributed by atoms with E-state index in [1.807, 2.05) is 12.1 Å². The number of fused-ring (bicyclic) bond motifs is 1. The lowest BCUT2D eigenvalue weighted by Crippen LogP contribution is -2.31. The lowest BCUT2D eigenvalue weighted by Gasteiger charge is -2.33. The van der Waals surface area contributed by atoms with Gasteiger partial charge in [-0.05, 0) is 38.2 Å². The highest BCUT2D eigenvalue weighted by molar-refractivity contribution is 5.57. The van der Waals surface area contributed by atoms with Crippen molar-refractivity contribution in [3.63, 3.8) is 0 Å². The van der Waals surface area contributed by atoms with E-state index in [0.717, 1.165) is 69.8 Å². The molecule has 8 heteroatoms. The van der Waals surface area contributed by atoms with Crippen LogP contribution in [0.2, 0.25) is 0 Å². The summed E-state index contributed by atoms with van der Waals surface area (Å²) in [4.78, 5) is 0. The molecule has 0 bridgehead atoms. The van der Waals surface area contributed by atoms with Crippen molar-refractivity contribution >= 4 is 0 Å². The number of ether oxygens (including phenoxy) is 6. The van der Waals surface area contributed by atoms with Gasteiger partial charge in [-0.2, -0.15) is 0 Å². The minimum atomic E-state index is -1.03. The van der Waals surface area contributed by atoms with Crippen LogP contribution in [0.3, 0.4) is 0 Å². The third-order valence-electron chi connectivity index (χ3n) is 7.40. The van der Waals surface area contributed by atoms with Gasteiger partial charge in [0.25, 0.3) is 0 Å². The third kappa shape index (κ3) is 9.82. The van der Waals surface area contributed by atoms with E-state index in [4.69, 9.17) is 28.4 Å². The van der Waals surface area contributed by atoms with Crippen LogP contribution >= 0.6 is 0 Å². The highest BCUT2D eigenvalue weighted by Gasteiger charge is 2.37. The average Bonchev–Trinajstić information content (AvgIpc) is 3.00. The molecule has 2 atom stereocenters. The molecule has 1 N–H and O–H groups in total. The van der Waals surface area contributed by atoms with Gasteiger partial charge in [0.2, 0.25) is 11.5 Å². The second-order valence-electron chi connectivity index (χ2n) is 11.2. The summed E-state index contributed by atoms with van der Waals surface area (Å²) < 4.78 is 53.2. The van der Waals surface area contributed by atoms with Crippen molar-refractivity contribution in [3.05, 3.63) is 35.1 Å². The van der Waals surface area contributed by atoms with E-state index in [2.05, 4.69) is 34.6 Å². The zero-order valence-electron chi connectivity index (χ0n) is 27.0. The second kappa shape index (κ2) is 18.7. The molecule has 0 saturated heterocycles. The lowest BCUT2D eigenvalue weighted by molar-refractivity contribution is 0.0170. The Labute approximate surface area is 258 Å². The standard InChI is InChI=1S/C35H53FO7/c1-6-11-16-38-25-21-29(39-17-12-7-2)26-23-28(37)33(43-30(26)22-25)27-24-31(40-18-13-8-3)34(41-19-14-9-4)35(32(27)36)42-20-15-10-5/h21-22,24,28,33,37H,6-20,23H2,1-5H3/t28-,33+/m1/s1. The maximum atomic E-state index is 16.4. The Hall–Kier alpha value is -2.87. The van der Waals surface area contributed by atoms with Crippen molar-refractivity contribution in [1.29, 1.82) is 0 Å². The van der Waals surface area contributed by atoms with E-state index in [1.165, 1.54) is 0 Å². The Morgan fingerprint density at radius 2 is 1.19 bits per heavy atom. The summed E-state index contributed by atoms with van der Waals surface area (Å²) in [5.41, 5.74) is 0.922. The Bertz CT molecular complexity index is 1110. The zero-order chi connectivity index (χ0) is 31.0. The largest absolute Gasteiger partial charge is 0.493 e. The fourth-order valence-corrected chi connectivity index (χ4v) is 4.73. The molecule has 0 fully saturated rings. The number of rotatable bonds is 21. The summed E-state index contributed by atoms with van der Waals surface area (Å²) in [7, 11) is 0. The van der Waals surface area contributed by atoms with Crippen molar-refractivity contribution in [2.24, 2.45) is 0 Å². The van der Waals surface area contributed by atoms with Crippen LogP contribution in [0.5, 0.6) is 34.5 Å². The van der Waals surface area contributed by atoms with Crippen molar-refractivity contribution in [2.75, 3.05) is 33.0 Å². The number of aliphatic hydroxyl groups excluding tert-OH is 1. The summed E-state index contributed by atoms with van der Waals surface area (Å²) in [6.07, 6.45) is 7.27. The van der Waals surface area contributed by atoms with Crippen molar-refractivity contribution in [3.8, 4) is 34.5 Å². The first-order valence-electron chi connectivity index (χ1n) is 16.5. The molecule has 0 aliphatic carbocycles. The molecule has 0 saturated carbocycles. The topological polar surface area (TPSA) is 75.6 Å². The molecule has 43 heavy (non-hydrogen) atoms. The number of hydrogen-bond donors (Lipinski definition) is 1. The summed E-state index contributed by atoms with van der Waals surface area (Å²) >= 11 is 0. The minimum Gasteiger partial charge on any atom is -0.493 e. The molecular formula is C35H53FO7. The smallest absolute Gasteiger partial charge is 0.206 e. The van der Waals surface area contributed by atoms with E-state index in [9.17, 15) is 5.11 Å². The summed E-state index contributed by atoms with van der Waals surface area (Å²) in [5, 5.41) is 11.4. The van der Waals surface area contributed by atoms with Gasteiger partial charge in [-0.25, -0.2) is 4.39 Å². The van der Waals surface area contributed by atoms with Gasteiger partial charge in [0.15, 0.2) is 17.7 Å². The van der Waals surface area contributed by atoms with Gasteiger partial charge < -0.3 is 33.5 Å². The second-order valence-corrected chi connectivity index (χ2v) is 11.2. The third-order valence-corrected chi connectivity index (χ3v) is 7.40. The van der Waals surface area contributed by atoms with Crippen molar-refractivity contribution in [2.45, 2.75) is 117 Å². The van der Waals surface area contributed by atoms with Gasteiger partial charge >= 0.3 is 0 Å². The first-order chi connectivity index (χ1) is 21.0. The fraction of sp³-hybridized carbons (Fsp3) is 0.657. The van der Waals surface area contributed by atoms with Crippen molar-refractivity contribution < 1.29 is 37.9 Å². The monoisotopic (exact) mass is 604 g/mol. The lowest BCUT2D eigenvalue weighted by atomic mass is 9.93. The van der Waals surface area contributed by atoms with Crippen molar-refractivity contribution in [1.82, 2.24) is 0 Å². The Balaban J connectivity index is 2.05. The van der Waals surface area contributed by atoms with Crippen LogP contribution in [-0.4, -0.2) is 44.2 Å². The van der Waals surface area contributed by atoms with Gasteiger partial charge in [0.1, 0.15) is 17.2 Å². The van der Waals surface area contributed by atoms with Crippen LogP contribution < -0.4 is 28.4 Å². The highest BCUT2D eigenvalue weighted by atomic mass is 19.1. The molecule has 0 amide bonds. The average molecular weight is 605 g/mol. The first-order valence-corrected chi connectivity index (χ1v) is 16.5. The van der Waals surface area contributed by atoms with Gasteiger partial charge in [-0.3, -0.25) is 0 Å². The summed E-state index contributed by atoms with van der Waals surface area (Å²) in [5.74, 6) is 1.84. The van der Waals surface area contributed by atoms with Gasteiger partial charge in [-0.1, -0.05) is 66.7 Å². The maximum absolute atomic E-state index is 16.4. The number of hydrogen-bond acceptors (Lipinski definition) is 7. The number of halogens is 1. The highest BCUT2D eigenvalue weighted by Crippen LogP contribution is 2.48. The Morgan fingerprint density at radius 3 is 1.77 bits per heavy atom. The molecule has 1 heterocycles. The van der Waals surface area contributed by atoms with E-state index < -0.39 is 18.0 Å². The molecule has 3 rings (SSSR count). The maximum Gasteiger partial charge on any atom is 0.206 e. The van der Waals surface area contributed by atoms with Crippen LogP contribution in [0.1, 0.15) is 116 Å². The Morgan fingerprint density at radius 1 is 0.674 bits per heavy atom. The molecule has 0 aromatic heterocycles. The normalized spacial score (nSPS) is 15.9. The van der Waals surface area contributed by atoms with Crippen LogP contribution in [-0.2, 0) is 6.42 Å². The first kappa shape index (κ1) is 34.6. The number of benzene rings is 2. The SMILES string of the molecule is CCCCOc1cc(OCCCC)c2c(c1)O[C@@H](c1cc(OCCCC)c(OCCCC)c(OCCCC)c1F)[C@H](O)C2. The zero-order valence-corrected chi connectivity index (χ0v) is 27.0. The van der Waals surface area contributed by atoms with Gasteiger partial charge in [-0.15, -0.1) is 0 Å². The predicted molar refractivity (Wildman–Crippen MR) is 168 cm³/mol. The van der Waals surface area contributed by atoms with E-state index in [1.54, 1.807) is 6.07 Å². The van der Waals surface area contributed by atoms with E-state index >= 15 is 4.39 Å². The molecule has 0 unspecified atom stereocenters. The molecule has 1 aliphatic rings. The predicted octanol–water partition coefficient (Wildman–Crippen LogP) is 8.76. The fourth-order valence-electron chi connectivity index (χ4n) is 4.73. The van der Waals surface area contributed by atoms with Crippen LogP contribution in [0.15, 0.2) is 18.2 Å². The minimum absolute atomic E-state index is 0.00962. The van der Waals surface area contributed by atoms with Crippen LogP contribution in [0.4, 0.5) is 4.39 Å². The molecule has 2 aromatic rings. The van der Waals surface area contributed by atoms with Crippen LogP contribution in [0, 0.1) is 5.82 Å². The molecule has 7 nitrogen and oxygen atoms in total. The van der Waals surface area contributed by atoms with E-state index in [-0.39, 0.29) is 23.5 Å². The van der Waals surface area contributed by atoms with Crippen LogP contribution in [0.25, 0.3) is 0 Å². The van der Waals surface area contributed by atoms with Gasteiger partial charge in [0, 0.05) is 29.7 Å². The molecule has 0 radical (unpaired) electrons. The summed E-state index contributed by atoms with van der Waals surface area (Å²) in [6, 6.07) is 5.29. The molecule has 1 aliphatic heterocycles. The number of unbranched alkanes of at least 4 members (excludes halogenated alkanes) is 5. The molecule has 0 spiro atoms. The number of aliphatic hydroxyl groups is 1. The molecule has 242 valence electrons. The molecule has 2 aromatic carbocycles. The Kier molecular flexibility index (Phi) is 15.1. The summed E-state index contributed by atoms with van der Waals surface area (Å²) in [6.45, 7) is 12.8. The van der Waals surface area contributed by atoms with Gasteiger partial charge in [0.05, 0.1) is 39.1 Å². The van der Waals surface area contributed by atoms with E-state index in [0.29, 0.717) is 56.0 Å². The molecular weight excluding hydrogens is 551 g/mol. The quantitative estimate of drug-likeness (QED) is 0.143.